The van der Waals surface area contributed by atoms with Gasteiger partial charge >= 0.3 is 0 Å². The minimum absolute atomic E-state index is 0.136. The molecule has 2 aromatic carbocycles. The monoisotopic (exact) mass is 413 g/mol. The predicted molar refractivity (Wildman–Crippen MR) is 117 cm³/mol. The topological polar surface area (TPSA) is 82.4 Å². The molecule has 156 valence electrons. The SMILES string of the molecule is CCc1ccc(C2c3c(-c4cc(C)ccc4O)n[nH]c3C(=O)N2Cc2ccco2)cc1. The fourth-order valence-electron chi connectivity index (χ4n) is 4.26. The van der Waals surface area contributed by atoms with Crippen molar-refractivity contribution in [2.75, 3.05) is 0 Å². The smallest absolute Gasteiger partial charge is 0.273 e. The lowest BCUT2D eigenvalue weighted by atomic mass is 9.94. The maximum atomic E-state index is 13.4. The number of aromatic amines is 1. The molecule has 1 aliphatic heterocycles. The number of furan rings is 1. The Morgan fingerprint density at radius 1 is 1.16 bits per heavy atom. The van der Waals surface area contributed by atoms with E-state index in [2.05, 4.69) is 41.4 Å². The van der Waals surface area contributed by atoms with Gasteiger partial charge in [0.1, 0.15) is 22.9 Å². The van der Waals surface area contributed by atoms with Crippen LogP contribution in [0.15, 0.2) is 65.3 Å². The summed E-state index contributed by atoms with van der Waals surface area (Å²) in [5, 5.41) is 17.9. The molecule has 6 heteroatoms. The molecule has 1 amide bonds. The number of amides is 1. The maximum Gasteiger partial charge on any atom is 0.273 e. The Kier molecular flexibility index (Phi) is 4.62. The minimum Gasteiger partial charge on any atom is -0.507 e. The van der Waals surface area contributed by atoms with E-state index in [1.54, 1.807) is 17.2 Å². The summed E-state index contributed by atoms with van der Waals surface area (Å²) in [6, 6.07) is 17.0. The molecule has 31 heavy (non-hydrogen) atoms. The van der Waals surface area contributed by atoms with E-state index in [1.807, 2.05) is 31.2 Å². The number of hydrogen-bond donors (Lipinski definition) is 2. The first kappa shape index (κ1) is 19.2. The zero-order chi connectivity index (χ0) is 21.5. The molecule has 4 aromatic rings. The van der Waals surface area contributed by atoms with Gasteiger partial charge in [-0.25, -0.2) is 0 Å². The second-order valence-corrected chi connectivity index (χ2v) is 7.89. The summed E-state index contributed by atoms with van der Waals surface area (Å²) in [5.74, 6) is 0.709. The van der Waals surface area contributed by atoms with Crippen LogP contribution in [0.2, 0.25) is 0 Å². The van der Waals surface area contributed by atoms with Crippen LogP contribution in [0.1, 0.15) is 51.5 Å². The van der Waals surface area contributed by atoms with Crippen LogP contribution in [0, 0.1) is 6.92 Å². The average molecular weight is 413 g/mol. The zero-order valence-electron chi connectivity index (χ0n) is 17.4. The van der Waals surface area contributed by atoms with E-state index in [0.29, 0.717) is 29.3 Å². The molecule has 0 bridgehead atoms. The van der Waals surface area contributed by atoms with E-state index in [9.17, 15) is 9.90 Å². The molecule has 3 heterocycles. The molecule has 0 saturated heterocycles. The Morgan fingerprint density at radius 3 is 2.68 bits per heavy atom. The summed E-state index contributed by atoms with van der Waals surface area (Å²) < 4.78 is 5.53. The lowest BCUT2D eigenvalue weighted by molar-refractivity contribution is 0.0717. The number of aromatic nitrogens is 2. The van der Waals surface area contributed by atoms with E-state index >= 15 is 0 Å². The van der Waals surface area contributed by atoms with Crippen LogP contribution in [0.5, 0.6) is 5.75 Å². The third-order valence-electron chi connectivity index (χ3n) is 5.88. The van der Waals surface area contributed by atoms with Gasteiger partial charge < -0.3 is 14.4 Å². The number of aryl methyl sites for hydroxylation is 2. The van der Waals surface area contributed by atoms with Crippen LogP contribution < -0.4 is 0 Å². The van der Waals surface area contributed by atoms with Gasteiger partial charge in [0.05, 0.1) is 18.8 Å². The van der Waals surface area contributed by atoms with Crippen molar-refractivity contribution in [3.63, 3.8) is 0 Å². The van der Waals surface area contributed by atoms with E-state index in [4.69, 9.17) is 4.42 Å². The zero-order valence-corrected chi connectivity index (χ0v) is 17.4. The van der Waals surface area contributed by atoms with Gasteiger partial charge in [-0.3, -0.25) is 9.89 Å². The van der Waals surface area contributed by atoms with Crippen LogP contribution in [0.4, 0.5) is 0 Å². The van der Waals surface area contributed by atoms with Gasteiger partial charge in [-0.1, -0.05) is 42.8 Å². The molecule has 0 aliphatic carbocycles. The first-order valence-corrected chi connectivity index (χ1v) is 10.4. The second kappa shape index (κ2) is 7.47. The Morgan fingerprint density at radius 2 is 1.97 bits per heavy atom. The molecule has 0 radical (unpaired) electrons. The van der Waals surface area contributed by atoms with Crippen molar-refractivity contribution in [3.8, 4) is 17.0 Å². The van der Waals surface area contributed by atoms with Crippen molar-refractivity contribution < 1.29 is 14.3 Å². The lowest BCUT2D eigenvalue weighted by Gasteiger charge is -2.26. The first-order chi connectivity index (χ1) is 15.1. The molecule has 2 N–H and O–H groups in total. The fourth-order valence-corrected chi connectivity index (χ4v) is 4.26. The van der Waals surface area contributed by atoms with Crippen LogP contribution in [-0.2, 0) is 13.0 Å². The number of carbonyl (C=O) groups excluding carboxylic acids is 1. The number of phenolic OH excluding ortho intramolecular Hbond substituents is 1. The number of benzene rings is 2. The normalized spacial score (nSPS) is 15.5. The molecular weight excluding hydrogens is 390 g/mol. The van der Waals surface area contributed by atoms with Crippen LogP contribution in [0.25, 0.3) is 11.3 Å². The number of hydrogen-bond acceptors (Lipinski definition) is 4. The largest absolute Gasteiger partial charge is 0.507 e. The van der Waals surface area contributed by atoms with Crippen molar-refractivity contribution in [2.24, 2.45) is 0 Å². The molecule has 1 unspecified atom stereocenters. The second-order valence-electron chi connectivity index (χ2n) is 7.89. The average Bonchev–Trinajstić information content (AvgIpc) is 3.50. The quantitative estimate of drug-likeness (QED) is 0.483. The number of phenols is 1. The van der Waals surface area contributed by atoms with Crippen molar-refractivity contribution in [2.45, 2.75) is 32.9 Å². The molecule has 5 rings (SSSR count). The molecular formula is C25H23N3O3. The van der Waals surface area contributed by atoms with Crippen LogP contribution in [-0.4, -0.2) is 26.1 Å². The fraction of sp³-hybridized carbons (Fsp3) is 0.200. The number of H-pyrrole nitrogens is 1. The maximum absolute atomic E-state index is 13.4. The van der Waals surface area contributed by atoms with Gasteiger partial charge in [0.25, 0.3) is 5.91 Å². The van der Waals surface area contributed by atoms with E-state index < -0.39 is 0 Å². The van der Waals surface area contributed by atoms with Gasteiger partial charge in [0.2, 0.25) is 0 Å². The van der Waals surface area contributed by atoms with Gasteiger partial charge in [0.15, 0.2) is 0 Å². The Labute approximate surface area is 180 Å². The van der Waals surface area contributed by atoms with Crippen molar-refractivity contribution in [3.05, 3.63) is 94.6 Å². The Balaban J connectivity index is 1.67. The number of rotatable bonds is 5. The van der Waals surface area contributed by atoms with Gasteiger partial charge in [-0.15, -0.1) is 0 Å². The highest BCUT2D eigenvalue weighted by atomic mass is 16.3. The number of fused-ring (bicyclic) bond motifs is 1. The summed E-state index contributed by atoms with van der Waals surface area (Å²) in [5.41, 5.74) is 5.66. The molecule has 6 nitrogen and oxygen atoms in total. The lowest BCUT2D eigenvalue weighted by Crippen LogP contribution is -2.29. The predicted octanol–water partition coefficient (Wildman–Crippen LogP) is 4.99. The molecule has 0 fully saturated rings. The summed E-state index contributed by atoms with van der Waals surface area (Å²) in [4.78, 5) is 15.2. The highest BCUT2D eigenvalue weighted by molar-refractivity contribution is 6.00. The number of nitrogens with one attached hydrogen (secondary N) is 1. The Bertz CT molecular complexity index is 1240. The third kappa shape index (κ3) is 3.20. The van der Waals surface area contributed by atoms with Gasteiger partial charge in [-0.05, 0) is 48.7 Å². The van der Waals surface area contributed by atoms with Crippen molar-refractivity contribution in [1.29, 1.82) is 0 Å². The van der Waals surface area contributed by atoms with E-state index in [1.165, 1.54) is 5.56 Å². The highest BCUT2D eigenvalue weighted by Gasteiger charge is 2.42. The number of aromatic hydroxyl groups is 1. The minimum atomic E-state index is -0.341. The van der Waals surface area contributed by atoms with Gasteiger partial charge in [0, 0.05) is 11.1 Å². The molecule has 2 aromatic heterocycles. The van der Waals surface area contributed by atoms with Crippen LogP contribution in [0.3, 0.4) is 0 Å². The summed E-state index contributed by atoms with van der Waals surface area (Å²) in [7, 11) is 0. The van der Waals surface area contributed by atoms with Crippen molar-refractivity contribution in [1.82, 2.24) is 15.1 Å². The first-order valence-electron chi connectivity index (χ1n) is 10.4. The summed E-state index contributed by atoms with van der Waals surface area (Å²) in [6.07, 6.45) is 2.55. The third-order valence-corrected chi connectivity index (χ3v) is 5.88. The molecule has 0 spiro atoms. The molecule has 1 atom stereocenters. The molecule has 1 aliphatic rings. The summed E-state index contributed by atoms with van der Waals surface area (Å²) in [6.45, 7) is 4.42. The Hall–Kier alpha value is -3.80. The van der Waals surface area contributed by atoms with E-state index in [-0.39, 0.29) is 17.7 Å². The summed E-state index contributed by atoms with van der Waals surface area (Å²) >= 11 is 0. The van der Waals surface area contributed by atoms with Crippen molar-refractivity contribution >= 4 is 5.91 Å². The highest BCUT2D eigenvalue weighted by Crippen LogP contribution is 2.45. The van der Waals surface area contributed by atoms with E-state index in [0.717, 1.165) is 23.1 Å². The van der Waals surface area contributed by atoms with Crippen LogP contribution >= 0.6 is 0 Å². The molecule has 0 saturated carbocycles. The van der Waals surface area contributed by atoms with Gasteiger partial charge in [-0.2, -0.15) is 5.10 Å². The number of nitrogens with zero attached hydrogens (tertiary/aromatic N) is 2. The number of carbonyl (C=O) groups is 1. The standard InChI is InChI=1S/C25H23N3O3/c1-3-16-7-9-17(10-8-16)24-21-22(19-13-15(2)6-11-20(19)29)26-27-23(21)25(30)28(24)14-18-5-4-12-31-18/h4-13,24,29H,3,14H2,1-2H3,(H,26,27).